The Labute approximate surface area is 188 Å². The quantitative estimate of drug-likeness (QED) is 0.500. The van der Waals surface area contributed by atoms with Crippen LogP contribution < -0.4 is 9.61 Å². The van der Waals surface area contributed by atoms with Crippen LogP contribution in [0.1, 0.15) is 41.2 Å². The number of rotatable bonds is 4. The molecule has 4 unspecified atom stereocenters. The minimum atomic E-state index is 0.0596. The van der Waals surface area contributed by atoms with Crippen molar-refractivity contribution in [2.45, 2.75) is 42.1 Å². The van der Waals surface area contributed by atoms with Crippen molar-refractivity contribution in [2.75, 3.05) is 0 Å². The van der Waals surface area contributed by atoms with E-state index >= 15 is 0 Å². The van der Waals surface area contributed by atoms with Crippen LogP contribution in [0.2, 0.25) is 5.02 Å². The fourth-order valence-corrected chi connectivity index (χ4v) is 8.82. The average Bonchev–Trinajstić information content (AvgIpc) is 3.46. The van der Waals surface area contributed by atoms with E-state index in [0.717, 1.165) is 33.2 Å². The van der Waals surface area contributed by atoms with Gasteiger partial charge in [0.15, 0.2) is 0 Å². The highest BCUT2D eigenvalue weighted by Gasteiger charge is 2.55. The van der Waals surface area contributed by atoms with Crippen molar-refractivity contribution in [3.8, 4) is 5.75 Å². The van der Waals surface area contributed by atoms with E-state index in [1.807, 2.05) is 42.1 Å². The van der Waals surface area contributed by atoms with Gasteiger partial charge in [-0.3, -0.25) is 4.79 Å². The highest BCUT2D eigenvalue weighted by molar-refractivity contribution is 8.00. The molecule has 0 saturated heterocycles. The number of nitrogens with one attached hydrogen (secondary N) is 1. The first kappa shape index (κ1) is 19.0. The van der Waals surface area contributed by atoms with Gasteiger partial charge in [0.25, 0.3) is 0 Å². The Kier molecular flexibility index (Phi) is 4.74. The second-order valence-corrected chi connectivity index (χ2v) is 11.3. The second kappa shape index (κ2) is 7.47. The van der Waals surface area contributed by atoms with Gasteiger partial charge in [-0.05, 0) is 60.8 Å². The van der Waals surface area contributed by atoms with Gasteiger partial charge in [0.1, 0.15) is 12.4 Å². The van der Waals surface area contributed by atoms with Crippen molar-refractivity contribution in [3.05, 3.63) is 79.2 Å². The molecule has 6 rings (SSSR count). The number of para-hydroxylation sites is 1. The molecule has 30 heavy (non-hydrogen) atoms. The third-order valence-corrected chi connectivity index (χ3v) is 9.90. The Morgan fingerprint density at radius 2 is 1.87 bits per heavy atom. The predicted molar refractivity (Wildman–Crippen MR) is 123 cm³/mol. The van der Waals surface area contributed by atoms with Gasteiger partial charge >= 0.3 is 4.87 Å². The first-order chi connectivity index (χ1) is 14.7. The highest BCUT2D eigenvalue weighted by Crippen LogP contribution is 2.64. The van der Waals surface area contributed by atoms with Crippen molar-refractivity contribution in [1.82, 2.24) is 4.98 Å². The molecular formula is C24H22ClNO2S2. The lowest BCUT2D eigenvalue weighted by Crippen LogP contribution is -2.33. The van der Waals surface area contributed by atoms with E-state index in [4.69, 9.17) is 16.3 Å². The van der Waals surface area contributed by atoms with E-state index in [2.05, 4.69) is 23.2 Å². The maximum atomic E-state index is 12.3. The molecule has 3 aromatic rings. The molecule has 2 heterocycles. The minimum absolute atomic E-state index is 0.0596. The summed E-state index contributed by atoms with van der Waals surface area (Å²) in [4.78, 5) is 16.7. The first-order valence-corrected chi connectivity index (χ1v) is 12.6. The fourth-order valence-electron chi connectivity index (χ4n) is 5.81. The second-order valence-electron chi connectivity index (χ2n) is 8.63. The van der Waals surface area contributed by atoms with E-state index in [1.54, 1.807) is 0 Å². The summed E-state index contributed by atoms with van der Waals surface area (Å²) in [5.41, 5.74) is 2.32. The van der Waals surface area contributed by atoms with Crippen molar-refractivity contribution in [2.24, 2.45) is 17.8 Å². The molecule has 1 aliphatic heterocycles. The molecule has 2 aromatic carbocycles. The Balaban J connectivity index is 1.39. The average molecular weight is 456 g/mol. The van der Waals surface area contributed by atoms with Gasteiger partial charge in [-0.1, -0.05) is 53.3 Å². The van der Waals surface area contributed by atoms with Crippen LogP contribution >= 0.6 is 34.7 Å². The molecule has 2 saturated carbocycles. The third kappa shape index (κ3) is 3.14. The van der Waals surface area contributed by atoms with Crippen molar-refractivity contribution in [3.63, 3.8) is 0 Å². The summed E-state index contributed by atoms with van der Waals surface area (Å²) >= 11 is 9.34. The number of benzene rings is 2. The Hall–Kier alpha value is -1.69. The number of hydrogen-bond acceptors (Lipinski definition) is 4. The molecule has 0 radical (unpaired) electrons. The molecular weight excluding hydrogens is 434 g/mol. The van der Waals surface area contributed by atoms with Crippen molar-refractivity contribution in [1.29, 1.82) is 0 Å². The van der Waals surface area contributed by atoms with Crippen LogP contribution in [0.5, 0.6) is 5.75 Å². The van der Waals surface area contributed by atoms with Crippen molar-refractivity contribution < 1.29 is 4.74 Å². The smallest absolute Gasteiger partial charge is 0.305 e. The van der Waals surface area contributed by atoms with Crippen LogP contribution in [0, 0.1) is 17.8 Å². The molecule has 1 N–H and O–H groups in total. The number of aromatic nitrogens is 1. The van der Waals surface area contributed by atoms with Gasteiger partial charge in [0.2, 0.25) is 0 Å². The maximum absolute atomic E-state index is 12.3. The molecule has 3 aliphatic rings. The lowest BCUT2D eigenvalue weighted by atomic mass is 9.74. The molecule has 5 atom stereocenters. The van der Waals surface area contributed by atoms with E-state index < -0.39 is 0 Å². The minimum Gasteiger partial charge on any atom is -0.489 e. The topological polar surface area (TPSA) is 42.1 Å². The molecule has 2 bridgehead atoms. The summed E-state index contributed by atoms with van der Waals surface area (Å²) in [6.07, 6.45) is 4.00. The number of thiazole rings is 1. The zero-order chi connectivity index (χ0) is 20.2. The van der Waals surface area contributed by atoms with Gasteiger partial charge in [-0.15, -0.1) is 11.8 Å². The Morgan fingerprint density at radius 3 is 2.73 bits per heavy atom. The largest absolute Gasteiger partial charge is 0.489 e. The summed E-state index contributed by atoms with van der Waals surface area (Å²) in [6, 6.07) is 16.2. The Morgan fingerprint density at radius 1 is 1.07 bits per heavy atom. The van der Waals surface area contributed by atoms with Crippen LogP contribution in [-0.2, 0) is 6.61 Å². The summed E-state index contributed by atoms with van der Waals surface area (Å²) in [5.74, 6) is 3.30. The molecule has 0 amide bonds. The van der Waals surface area contributed by atoms with E-state index in [-0.39, 0.29) is 10.8 Å². The SMILES string of the molecule is O=c1[nH]c2c(s1)[C@H](c1ccccc1OCc1ccc(Cl)cc1)C1C3CCC(C3)C1S2. The number of ether oxygens (including phenoxy) is 1. The molecule has 3 nitrogen and oxygen atoms in total. The zero-order valence-corrected chi connectivity index (χ0v) is 18.7. The van der Waals surface area contributed by atoms with E-state index in [9.17, 15) is 4.79 Å². The third-order valence-electron chi connectivity index (χ3n) is 7.03. The van der Waals surface area contributed by atoms with E-state index in [0.29, 0.717) is 17.8 Å². The van der Waals surface area contributed by atoms with Gasteiger partial charge in [0, 0.05) is 26.6 Å². The lowest BCUT2D eigenvalue weighted by molar-refractivity contribution is 0.280. The predicted octanol–water partition coefficient (Wildman–Crippen LogP) is 6.32. The van der Waals surface area contributed by atoms with Gasteiger partial charge in [0.05, 0.1) is 5.03 Å². The van der Waals surface area contributed by atoms with Crippen molar-refractivity contribution >= 4 is 34.7 Å². The first-order valence-electron chi connectivity index (χ1n) is 10.5. The van der Waals surface area contributed by atoms with Gasteiger partial charge < -0.3 is 9.72 Å². The summed E-state index contributed by atoms with van der Waals surface area (Å²) in [6.45, 7) is 0.506. The monoisotopic (exact) mass is 455 g/mol. The number of halogens is 1. The molecule has 2 fully saturated rings. The summed E-state index contributed by atoms with van der Waals surface area (Å²) in [7, 11) is 0. The van der Waals surface area contributed by atoms with Gasteiger partial charge in [-0.2, -0.15) is 0 Å². The Bertz CT molecular complexity index is 1140. The number of fused-ring (bicyclic) bond motifs is 6. The lowest BCUT2D eigenvalue weighted by Gasteiger charge is -2.40. The molecule has 154 valence electrons. The normalized spacial score (nSPS) is 28.9. The molecule has 6 heteroatoms. The zero-order valence-electron chi connectivity index (χ0n) is 16.3. The summed E-state index contributed by atoms with van der Waals surface area (Å²) in [5, 5.41) is 2.43. The number of hydrogen-bond donors (Lipinski definition) is 1. The highest BCUT2D eigenvalue weighted by atomic mass is 35.5. The summed E-state index contributed by atoms with van der Waals surface area (Å²) < 4.78 is 6.33. The van der Waals surface area contributed by atoms with Gasteiger partial charge in [-0.25, -0.2) is 0 Å². The molecule has 0 spiro atoms. The standard InChI is InChI=1S/C24H22ClNO2S2/c25-16-9-5-13(6-10-16)12-28-18-4-2-1-3-17(18)20-19-14-7-8-15(11-14)21(19)29-23-22(20)30-24(27)26-23/h1-6,9-10,14-15,19-21H,7-8,11-12H2,(H,26,27)/t14?,15?,19?,20-,21?/m1/s1. The number of H-pyrrole nitrogens is 1. The van der Waals surface area contributed by atoms with E-state index in [1.165, 1.54) is 41.0 Å². The van der Waals surface area contributed by atoms with Crippen LogP contribution in [0.4, 0.5) is 0 Å². The van der Waals surface area contributed by atoms with Crippen LogP contribution in [0.25, 0.3) is 0 Å². The number of thioether (sulfide) groups is 1. The maximum Gasteiger partial charge on any atom is 0.305 e. The van der Waals surface area contributed by atoms with Crippen LogP contribution in [0.3, 0.4) is 0 Å². The number of aromatic amines is 1. The van der Waals surface area contributed by atoms with Crippen LogP contribution in [0.15, 0.2) is 58.4 Å². The van der Waals surface area contributed by atoms with Crippen LogP contribution in [-0.4, -0.2) is 10.2 Å². The molecule has 2 aliphatic carbocycles. The molecule has 1 aromatic heterocycles. The fraction of sp³-hybridized carbons (Fsp3) is 0.375.